The van der Waals surface area contributed by atoms with E-state index in [0.29, 0.717) is 0 Å². The number of carboxylic acids is 1. The molecular formula is C23H25N3O6. The highest BCUT2D eigenvalue weighted by atomic mass is 16.6. The molecule has 168 valence electrons. The number of benzene rings is 2. The number of nitrogens with zero attached hydrogens (tertiary/aromatic N) is 2. The Kier molecular flexibility index (Phi) is 6.03. The summed E-state index contributed by atoms with van der Waals surface area (Å²) in [7, 11) is 0. The summed E-state index contributed by atoms with van der Waals surface area (Å²) >= 11 is 0. The Morgan fingerprint density at radius 1 is 1.12 bits per heavy atom. The molecule has 0 fully saturated rings. The molecule has 0 saturated carbocycles. The number of aliphatic carboxylic acids is 1. The molecule has 2 N–H and O–H groups in total. The maximum atomic E-state index is 13.2. The van der Waals surface area contributed by atoms with E-state index >= 15 is 0 Å². The third-order valence-electron chi connectivity index (χ3n) is 5.99. The summed E-state index contributed by atoms with van der Waals surface area (Å²) in [6, 6.07) is 13.3. The normalized spacial score (nSPS) is 22.9. The van der Waals surface area contributed by atoms with Crippen LogP contribution < -0.4 is 10.2 Å². The lowest BCUT2D eigenvalue weighted by atomic mass is 9.53. The number of hydrogen-bond donors (Lipinski definition) is 2. The topological polar surface area (TPSA) is 131 Å². The second-order valence-corrected chi connectivity index (χ2v) is 8.72. The molecule has 0 bridgehead atoms. The Bertz CT molecular complexity index is 1080. The third kappa shape index (κ3) is 3.70. The molecule has 3 atom stereocenters. The minimum absolute atomic E-state index is 0.0898. The van der Waals surface area contributed by atoms with Crippen LogP contribution in [0.25, 0.3) is 0 Å². The van der Waals surface area contributed by atoms with E-state index in [-0.39, 0.29) is 22.7 Å². The molecule has 1 aliphatic heterocycles. The molecule has 0 aliphatic carbocycles. The molecule has 0 amide bonds. The van der Waals surface area contributed by atoms with Crippen LogP contribution in [0.4, 0.5) is 5.69 Å². The Morgan fingerprint density at radius 2 is 1.72 bits per heavy atom. The fraction of sp³-hybridized carbons (Fsp3) is 0.348. The highest BCUT2D eigenvalue weighted by molar-refractivity contribution is 6.40. The Morgan fingerprint density at radius 3 is 2.28 bits per heavy atom. The zero-order valence-electron chi connectivity index (χ0n) is 18.2. The van der Waals surface area contributed by atoms with Crippen LogP contribution >= 0.6 is 0 Å². The predicted molar refractivity (Wildman–Crippen MR) is 117 cm³/mol. The molecule has 9 heteroatoms. The summed E-state index contributed by atoms with van der Waals surface area (Å²) < 4.78 is 5.45. The predicted octanol–water partition coefficient (Wildman–Crippen LogP) is 3.75. The van der Waals surface area contributed by atoms with Crippen LogP contribution in [0.3, 0.4) is 0 Å². The van der Waals surface area contributed by atoms with Crippen LogP contribution in [0.1, 0.15) is 39.2 Å². The van der Waals surface area contributed by atoms with Gasteiger partial charge in [0.2, 0.25) is 0 Å². The minimum Gasteiger partial charge on any atom is -0.481 e. The van der Waals surface area contributed by atoms with Crippen molar-refractivity contribution in [3.63, 3.8) is 0 Å². The number of para-hydroxylation sites is 2. The highest BCUT2D eigenvalue weighted by Gasteiger charge is 2.63. The Hall–Kier alpha value is -3.75. The monoisotopic (exact) mass is 439 g/mol. The van der Waals surface area contributed by atoms with Gasteiger partial charge in [-0.1, -0.05) is 57.2 Å². The van der Waals surface area contributed by atoms with Crippen molar-refractivity contribution < 1.29 is 24.4 Å². The first-order chi connectivity index (χ1) is 15.0. The zero-order chi connectivity index (χ0) is 23.7. The fourth-order valence-corrected chi connectivity index (χ4v) is 4.61. The number of carboxylic acid groups (broad SMARTS) is 1. The van der Waals surface area contributed by atoms with Gasteiger partial charge in [0.1, 0.15) is 11.2 Å². The summed E-state index contributed by atoms with van der Waals surface area (Å²) in [6.45, 7) is 6.83. The van der Waals surface area contributed by atoms with Crippen molar-refractivity contribution in [1.82, 2.24) is 5.43 Å². The number of esters is 1. The summed E-state index contributed by atoms with van der Waals surface area (Å²) in [4.78, 5) is 37.4. The number of nitro benzene ring substituents is 1. The lowest BCUT2D eigenvalue weighted by molar-refractivity contribution is -0.385. The molecule has 3 unspecified atom stereocenters. The number of carbonyl (C=O) groups excluding carboxylic acids is 1. The van der Waals surface area contributed by atoms with Crippen LogP contribution in [-0.4, -0.2) is 33.7 Å². The number of carbonyl (C=O) groups is 2. The van der Waals surface area contributed by atoms with Gasteiger partial charge in [-0.3, -0.25) is 14.9 Å². The van der Waals surface area contributed by atoms with Gasteiger partial charge in [-0.2, -0.15) is 5.10 Å². The van der Waals surface area contributed by atoms with Crippen molar-refractivity contribution >= 4 is 23.3 Å². The van der Waals surface area contributed by atoms with Crippen molar-refractivity contribution in [3.05, 3.63) is 70.3 Å². The quantitative estimate of drug-likeness (QED) is 0.314. The van der Waals surface area contributed by atoms with E-state index in [1.54, 1.807) is 64.1 Å². The van der Waals surface area contributed by atoms with E-state index in [4.69, 9.17) is 4.74 Å². The first kappa shape index (κ1) is 22.9. The summed E-state index contributed by atoms with van der Waals surface area (Å²) in [5, 5.41) is 26.5. The van der Waals surface area contributed by atoms with Crippen LogP contribution in [-0.2, 0) is 9.59 Å². The molecule has 9 nitrogen and oxygen atoms in total. The average molecular weight is 439 g/mol. The van der Waals surface area contributed by atoms with Crippen LogP contribution in [0.15, 0.2) is 59.7 Å². The van der Waals surface area contributed by atoms with Gasteiger partial charge in [-0.25, -0.2) is 4.79 Å². The van der Waals surface area contributed by atoms with Gasteiger partial charge in [0.15, 0.2) is 5.71 Å². The largest absolute Gasteiger partial charge is 0.481 e. The van der Waals surface area contributed by atoms with Crippen molar-refractivity contribution in [3.8, 4) is 5.75 Å². The van der Waals surface area contributed by atoms with Crippen LogP contribution in [0.5, 0.6) is 5.75 Å². The van der Waals surface area contributed by atoms with Gasteiger partial charge >= 0.3 is 11.9 Å². The van der Waals surface area contributed by atoms with E-state index in [9.17, 15) is 24.8 Å². The molecule has 0 saturated heterocycles. The third-order valence-corrected chi connectivity index (χ3v) is 5.99. The van der Waals surface area contributed by atoms with Gasteiger partial charge in [0.25, 0.3) is 5.69 Å². The molecule has 0 spiro atoms. The second kappa shape index (κ2) is 8.41. The van der Waals surface area contributed by atoms with Gasteiger partial charge in [0.05, 0.1) is 16.9 Å². The summed E-state index contributed by atoms with van der Waals surface area (Å²) in [5.74, 6) is -3.08. The highest BCUT2D eigenvalue weighted by Crippen LogP contribution is 2.55. The number of rotatable bonds is 5. The maximum Gasteiger partial charge on any atom is 0.360 e. The van der Waals surface area contributed by atoms with Crippen molar-refractivity contribution in [2.24, 2.45) is 15.9 Å². The lowest BCUT2D eigenvalue weighted by Gasteiger charge is -2.51. The number of ether oxygens (including phenoxy) is 1. The number of nitrogens with one attached hydrogen (secondary N) is 1. The number of nitro groups is 1. The molecule has 2 aromatic rings. The first-order valence-corrected chi connectivity index (χ1v) is 10.1. The zero-order valence-corrected chi connectivity index (χ0v) is 18.2. The first-order valence-electron chi connectivity index (χ1n) is 10.1. The van der Waals surface area contributed by atoms with Gasteiger partial charge in [0, 0.05) is 11.6 Å². The maximum absolute atomic E-state index is 13.2. The average Bonchev–Trinajstić information content (AvgIpc) is 2.72. The second-order valence-electron chi connectivity index (χ2n) is 8.72. The Balaban J connectivity index is 2.28. The molecule has 1 aliphatic rings. The van der Waals surface area contributed by atoms with Crippen molar-refractivity contribution in [2.75, 3.05) is 0 Å². The SMILES string of the molecule is CC1NN=C(C(=O)Oc2ccccc2)C(c2ccccc2[N+](=O)[O-])C1(C(=O)O)C(C)(C)C. The fourth-order valence-electron chi connectivity index (χ4n) is 4.61. The van der Waals surface area contributed by atoms with Crippen LogP contribution in [0.2, 0.25) is 0 Å². The molecule has 0 radical (unpaired) electrons. The molecule has 1 heterocycles. The van der Waals surface area contributed by atoms with Crippen molar-refractivity contribution in [2.45, 2.75) is 39.7 Å². The number of hydrogen-bond acceptors (Lipinski definition) is 7. The molecule has 2 aromatic carbocycles. The van der Waals surface area contributed by atoms with E-state index < -0.39 is 39.7 Å². The smallest absolute Gasteiger partial charge is 0.360 e. The van der Waals surface area contributed by atoms with Crippen molar-refractivity contribution in [1.29, 1.82) is 0 Å². The molecule has 3 rings (SSSR count). The Labute approximate surface area is 185 Å². The van der Waals surface area contributed by atoms with Gasteiger partial charge < -0.3 is 15.3 Å². The number of hydrazone groups is 1. The van der Waals surface area contributed by atoms with E-state index in [1.165, 1.54) is 18.2 Å². The van der Waals surface area contributed by atoms with Gasteiger partial charge in [-0.05, 0) is 24.5 Å². The molecular weight excluding hydrogens is 414 g/mol. The lowest BCUT2D eigenvalue weighted by Crippen LogP contribution is -2.63. The van der Waals surface area contributed by atoms with Crippen LogP contribution in [0, 0.1) is 20.9 Å². The minimum atomic E-state index is -1.66. The van der Waals surface area contributed by atoms with E-state index in [2.05, 4.69) is 10.5 Å². The van der Waals surface area contributed by atoms with E-state index in [1.807, 2.05) is 0 Å². The summed E-state index contributed by atoms with van der Waals surface area (Å²) in [6.07, 6.45) is 0. The summed E-state index contributed by atoms with van der Waals surface area (Å²) in [5.41, 5.74) is -0.273. The molecule has 0 aromatic heterocycles. The standard InChI is InChI=1S/C23H25N3O6/c1-14-23(21(28)29,22(2,3)4)18(16-12-8-9-13-17(16)26(30)31)19(25-24-14)20(27)32-15-10-6-5-7-11-15/h5-14,18,24H,1-4H3,(H,28,29). The van der Waals surface area contributed by atoms with E-state index in [0.717, 1.165) is 0 Å². The van der Waals surface area contributed by atoms with Gasteiger partial charge in [-0.15, -0.1) is 0 Å². The molecule has 32 heavy (non-hydrogen) atoms.